The largest absolute Gasteiger partial charge is 0.347 e. The van der Waals surface area contributed by atoms with Gasteiger partial charge in [0, 0.05) is 0 Å². The SMILES string of the molecule is FC1=NCC(F)C1(F)F. The first kappa shape index (κ1) is 6.51. The maximum Gasteiger partial charge on any atom is 0.347 e. The third-order valence-corrected chi connectivity index (χ3v) is 1.06. The lowest BCUT2D eigenvalue weighted by atomic mass is 10.2. The molecule has 9 heavy (non-hydrogen) atoms. The van der Waals surface area contributed by atoms with Crippen LogP contribution in [0.5, 0.6) is 0 Å². The number of halogens is 4. The van der Waals surface area contributed by atoms with Gasteiger partial charge in [-0.3, -0.25) is 4.99 Å². The van der Waals surface area contributed by atoms with E-state index < -0.39 is 24.6 Å². The fraction of sp³-hybridized carbons (Fsp3) is 0.750. The maximum absolute atomic E-state index is 11.9. The molecule has 0 aliphatic carbocycles. The Labute approximate surface area is 48.4 Å². The Morgan fingerprint density at radius 3 is 2.22 bits per heavy atom. The van der Waals surface area contributed by atoms with E-state index in [4.69, 9.17) is 0 Å². The Balaban J connectivity index is 2.81. The number of hydrogen-bond acceptors (Lipinski definition) is 1. The molecule has 0 bridgehead atoms. The van der Waals surface area contributed by atoms with Crippen molar-refractivity contribution in [3.8, 4) is 0 Å². The van der Waals surface area contributed by atoms with E-state index in [0.29, 0.717) is 0 Å². The summed E-state index contributed by atoms with van der Waals surface area (Å²) in [6.07, 6.45) is -2.47. The monoisotopic (exact) mass is 141 g/mol. The van der Waals surface area contributed by atoms with E-state index in [2.05, 4.69) is 4.99 Å². The minimum atomic E-state index is -3.97. The lowest BCUT2D eigenvalue weighted by Gasteiger charge is -2.07. The minimum Gasteiger partial charge on any atom is -0.253 e. The van der Waals surface area contributed by atoms with E-state index in [1.807, 2.05) is 0 Å². The van der Waals surface area contributed by atoms with E-state index >= 15 is 0 Å². The topological polar surface area (TPSA) is 12.4 Å². The van der Waals surface area contributed by atoms with Crippen LogP contribution >= 0.6 is 0 Å². The Kier molecular flexibility index (Phi) is 1.22. The summed E-state index contributed by atoms with van der Waals surface area (Å²) in [4.78, 5) is 2.59. The molecule has 0 spiro atoms. The Morgan fingerprint density at radius 1 is 1.56 bits per heavy atom. The molecule has 1 aliphatic rings. The van der Waals surface area contributed by atoms with E-state index in [0.717, 1.165) is 0 Å². The van der Waals surface area contributed by atoms with Gasteiger partial charge in [0.25, 0.3) is 5.97 Å². The Morgan fingerprint density at radius 2 is 2.11 bits per heavy atom. The van der Waals surface area contributed by atoms with Crippen molar-refractivity contribution in [2.45, 2.75) is 12.1 Å². The third kappa shape index (κ3) is 0.799. The van der Waals surface area contributed by atoms with Gasteiger partial charge in [0.05, 0.1) is 6.54 Å². The number of rotatable bonds is 0. The highest BCUT2D eigenvalue weighted by molar-refractivity contribution is 5.84. The fourth-order valence-electron chi connectivity index (χ4n) is 0.510. The fourth-order valence-corrected chi connectivity index (χ4v) is 0.510. The van der Waals surface area contributed by atoms with Crippen molar-refractivity contribution in [2.24, 2.45) is 4.99 Å². The van der Waals surface area contributed by atoms with Crippen molar-refractivity contribution in [1.82, 2.24) is 0 Å². The highest BCUT2D eigenvalue weighted by Gasteiger charge is 2.50. The van der Waals surface area contributed by atoms with Crippen molar-refractivity contribution in [2.75, 3.05) is 6.54 Å². The summed E-state index contributed by atoms with van der Waals surface area (Å²) >= 11 is 0. The van der Waals surface area contributed by atoms with E-state index in [-0.39, 0.29) is 0 Å². The third-order valence-electron chi connectivity index (χ3n) is 1.06. The van der Waals surface area contributed by atoms with Crippen LogP contribution in [0.1, 0.15) is 0 Å². The molecule has 1 nitrogen and oxygen atoms in total. The zero-order chi connectivity index (χ0) is 7.07. The second kappa shape index (κ2) is 1.68. The molecular weight excluding hydrogens is 138 g/mol. The highest BCUT2D eigenvalue weighted by atomic mass is 19.3. The molecule has 0 saturated carbocycles. The summed E-state index contributed by atoms with van der Waals surface area (Å²) in [6, 6.07) is 0. The summed E-state index contributed by atoms with van der Waals surface area (Å²) in [5.74, 6) is -5.87. The summed E-state index contributed by atoms with van der Waals surface area (Å²) in [5.41, 5.74) is 0. The molecule has 0 amide bonds. The van der Waals surface area contributed by atoms with Crippen LogP contribution in [0.2, 0.25) is 0 Å². The predicted molar refractivity (Wildman–Crippen MR) is 23.3 cm³/mol. The molecule has 1 heterocycles. The van der Waals surface area contributed by atoms with Gasteiger partial charge < -0.3 is 0 Å². The summed E-state index contributed by atoms with van der Waals surface area (Å²) in [7, 11) is 0. The van der Waals surface area contributed by atoms with E-state index in [1.165, 1.54) is 0 Å². The minimum absolute atomic E-state index is 0.765. The molecule has 1 unspecified atom stereocenters. The average molecular weight is 141 g/mol. The molecule has 5 heteroatoms. The van der Waals surface area contributed by atoms with Crippen LogP contribution < -0.4 is 0 Å². The number of hydrogen-bond donors (Lipinski definition) is 0. The zero-order valence-electron chi connectivity index (χ0n) is 4.24. The summed E-state index contributed by atoms with van der Waals surface area (Å²) in [5, 5.41) is 0. The molecule has 0 aromatic rings. The molecule has 0 radical (unpaired) electrons. The lowest BCUT2D eigenvalue weighted by molar-refractivity contribution is 0.0000860. The van der Waals surface area contributed by atoms with Gasteiger partial charge in [-0.2, -0.15) is 13.2 Å². The molecule has 0 saturated heterocycles. The van der Waals surface area contributed by atoms with Crippen LogP contribution in [0.4, 0.5) is 17.6 Å². The van der Waals surface area contributed by atoms with Gasteiger partial charge in [0.1, 0.15) is 0 Å². The average Bonchev–Trinajstić information content (AvgIpc) is 1.96. The van der Waals surface area contributed by atoms with Gasteiger partial charge in [0.15, 0.2) is 6.17 Å². The number of alkyl halides is 3. The predicted octanol–water partition coefficient (Wildman–Crippen LogP) is 1.34. The first-order chi connectivity index (χ1) is 4.05. The van der Waals surface area contributed by atoms with Crippen molar-refractivity contribution in [3.05, 3.63) is 0 Å². The van der Waals surface area contributed by atoms with Gasteiger partial charge in [0.2, 0.25) is 0 Å². The van der Waals surface area contributed by atoms with Gasteiger partial charge in [-0.25, -0.2) is 4.39 Å². The molecule has 0 N–H and O–H groups in total. The molecule has 0 fully saturated rings. The molecule has 1 rings (SSSR count). The van der Waals surface area contributed by atoms with Crippen LogP contribution in [0.25, 0.3) is 0 Å². The number of aliphatic imine (C=N–C) groups is 1. The highest BCUT2D eigenvalue weighted by Crippen LogP contribution is 2.29. The van der Waals surface area contributed by atoms with E-state index in [9.17, 15) is 17.6 Å². The quantitative estimate of drug-likeness (QED) is 0.451. The smallest absolute Gasteiger partial charge is 0.253 e. The molecule has 0 aromatic heterocycles. The molecular formula is C4H3F4N. The second-order valence-corrected chi connectivity index (χ2v) is 1.72. The van der Waals surface area contributed by atoms with Crippen LogP contribution in [0.15, 0.2) is 4.99 Å². The number of nitrogens with zero attached hydrogens (tertiary/aromatic N) is 1. The first-order valence-electron chi connectivity index (χ1n) is 2.27. The van der Waals surface area contributed by atoms with Crippen molar-refractivity contribution in [1.29, 1.82) is 0 Å². The molecule has 52 valence electrons. The molecule has 1 atom stereocenters. The summed E-state index contributed by atoms with van der Waals surface area (Å²) < 4.78 is 47.3. The van der Waals surface area contributed by atoms with Gasteiger partial charge in [-0.05, 0) is 0 Å². The Hall–Kier alpha value is -0.610. The van der Waals surface area contributed by atoms with Crippen LogP contribution in [-0.2, 0) is 0 Å². The molecule has 0 aromatic carbocycles. The van der Waals surface area contributed by atoms with Crippen molar-refractivity contribution in [3.63, 3.8) is 0 Å². The van der Waals surface area contributed by atoms with Crippen LogP contribution in [-0.4, -0.2) is 24.6 Å². The maximum atomic E-state index is 11.9. The second-order valence-electron chi connectivity index (χ2n) is 1.72. The van der Waals surface area contributed by atoms with Gasteiger partial charge >= 0.3 is 5.92 Å². The standard InChI is InChI=1S/C4H3F4N/c5-2-1-9-3(6)4(2,7)8/h2H,1H2. The first-order valence-corrected chi connectivity index (χ1v) is 2.27. The van der Waals surface area contributed by atoms with Crippen LogP contribution in [0, 0.1) is 0 Å². The lowest BCUT2D eigenvalue weighted by Crippen LogP contribution is -2.32. The normalized spacial score (nSPS) is 32.4. The van der Waals surface area contributed by atoms with Gasteiger partial charge in [-0.1, -0.05) is 0 Å². The Bertz CT molecular complexity index is 153. The van der Waals surface area contributed by atoms with E-state index in [1.54, 1.807) is 0 Å². The van der Waals surface area contributed by atoms with Gasteiger partial charge in [-0.15, -0.1) is 0 Å². The van der Waals surface area contributed by atoms with Crippen molar-refractivity contribution < 1.29 is 17.6 Å². The molecule has 1 aliphatic heterocycles. The van der Waals surface area contributed by atoms with Crippen LogP contribution in [0.3, 0.4) is 0 Å². The van der Waals surface area contributed by atoms with Crippen molar-refractivity contribution >= 4 is 5.97 Å². The zero-order valence-corrected chi connectivity index (χ0v) is 4.24. The summed E-state index contributed by atoms with van der Waals surface area (Å²) in [6.45, 7) is -0.765.